The Hall–Kier alpha value is -1.19. The third-order valence-corrected chi connectivity index (χ3v) is 18.1. The fourth-order valence-corrected chi connectivity index (χ4v) is 12.6. The first-order valence-corrected chi connectivity index (χ1v) is 16.4. The molecule has 180 valence electrons. The van der Waals surface area contributed by atoms with Crippen LogP contribution in [0.2, 0.25) is 35.3 Å². The van der Waals surface area contributed by atoms with Gasteiger partial charge in [-0.3, -0.25) is 9.59 Å². The van der Waals surface area contributed by atoms with Crippen molar-refractivity contribution >= 4 is 28.6 Å². The van der Waals surface area contributed by atoms with Gasteiger partial charge >= 0.3 is 11.9 Å². The van der Waals surface area contributed by atoms with Gasteiger partial charge in [-0.1, -0.05) is 53.7 Å². The van der Waals surface area contributed by atoms with Crippen LogP contribution < -0.4 is 0 Å². The van der Waals surface area contributed by atoms with Gasteiger partial charge in [-0.05, 0) is 61.3 Å². The molecule has 0 radical (unpaired) electrons. The van der Waals surface area contributed by atoms with Crippen LogP contribution >= 0.6 is 0 Å². The van der Waals surface area contributed by atoms with E-state index in [0.717, 1.165) is 12.1 Å². The van der Waals surface area contributed by atoms with E-state index in [0.29, 0.717) is 0 Å². The highest BCUT2D eigenvalue weighted by Gasteiger charge is 2.50. The molecule has 0 saturated carbocycles. The van der Waals surface area contributed by atoms with Crippen molar-refractivity contribution in [2.75, 3.05) is 0 Å². The van der Waals surface area contributed by atoms with E-state index in [1.54, 1.807) is 0 Å². The number of carbonyl (C=O) groups is 2. The minimum Gasteiger partial charge on any atom is -0.459 e. The predicted octanol–water partition coefficient (Wildman–Crippen LogP) is 6.77. The summed E-state index contributed by atoms with van der Waals surface area (Å²) in [6.07, 6.45) is 7.68. The van der Waals surface area contributed by atoms with Gasteiger partial charge < -0.3 is 13.6 Å². The van der Waals surface area contributed by atoms with Gasteiger partial charge in [-0.2, -0.15) is 0 Å². The summed E-state index contributed by atoms with van der Waals surface area (Å²) in [5.74, 6) is -0.543. The first kappa shape index (κ1) is 29.8. The van der Waals surface area contributed by atoms with Gasteiger partial charge in [0.2, 0.25) is 0 Å². The molecule has 4 unspecified atom stereocenters. The minimum atomic E-state index is -2.19. The fraction of sp³-hybridized carbons (Fsp3) is 0.750. The van der Waals surface area contributed by atoms with Crippen molar-refractivity contribution in [1.82, 2.24) is 0 Å². The van der Waals surface area contributed by atoms with Crippen molar-refractivity contribution in [3.63, 3.8) is 0 Å². The molecule has 0 aliphatic carbocycles. The molecule has 0 bridgehead atoms. The molecule has 0 aromatic rings. The molecule has 0 aromatic heterocycles. The Morgan fingerprint density at radius 3 is 1.26 bits per heavy atom. The zero-order chi connectivity index (χ0) is 24.7. The summed E-state index contributed by atoms with van der Waals surface area (Å²) in [6.45, 7) is 24.8. The minimum absolute atomic E-state index is 0.0380. The second-order valence-corrected chi connectivity index (χ2v) is 20.5. The summed E-state index contributed by atoms with van der Waals surface area (Å²) in [4.78, 5) is 22.4. The summed E-state index contributed by atoms with van der Waals surface area (Å²) >= 11 is 0. The number of allylic oxidation sites excluding steroid dienone is 2. The number of hydrogen-bond donors (Lipinski definition) is 0. The SMILES string of the molecule is CC(=O)OC(C)C=CC[Si](C)(O[Si](C)(CC=CC(C)OC(C)=O)C(C)(C)C)C(C)(C)C. The molecule has 0 aromatic carbocycles. The number of ether oxygens (including phenoxy) is 2. The average molecular weight is 471 g/mol. The Balaban J connectivity index is 5.69. The third-order valence-electron chi connectivity index (χ3n) is 6.16. The van der Waals surface area contributed by atoms with Gasteiger partial charge in [-0.15, -0.1) is 0 Å². The Morgan fingerprint density at radius 1 is 0.742 bits per heavy atom. The largest absolute Gasteiger partial charge is 0.459 e. The molecule has 0 saturated heterocycles. The molecular formula is C24H46O5Si2. The van der Waals surface area contributed by atoms with E-state index >= 15 is 0 Å². The zero-order valence-electron chi connectivity index (χ0n) is 21.9. The van der Waals surface area contributed by atoms with E-state index in [2.05, 4.69) is 66.8 Å². The van der Waals surface area contributed by atoms with E-state index in [9.17, 15) is 9.59 Å². The molecule has 5 nitrogen and oxygen atoms in total. The van der Waals surface area contributed by atoms with Gasteiger partial charge in [0.1, 0.15) is 12.2 Å². The number of rotatable bonds is 10. The number of hydrogen-bond acceptors (Lipinski definition) is 5. The van der Waals surface area contributed by atoms with Crippen LogP contribution in [0.5, 0.6) is 0 Å². The number of esters is 2. The maximum Gasteiger partial charge on any atom is 0.303 e. The molecule has 0 spiro atoms. The highest BCUT2D eigenvalue weighted by Crippen LogP contribution is 2.48. The first-order valence-electron chi connectivity index (χ1n) is 11.2. The fourth-order valence-electron chi connectivity index (χ4n) is 3.07. The van der Waals surface area contributed by atoms with Gasteiger partial charge in [0, 0.05) is 13.8 Å². The summed E-state index contributed by atoms with van der Waals surface area (Å²) < 4.78 is 17.7. The van der Waals surface area contributed by atoms with Gasteiger partial charge in [0.05, 0.1) is 0 Å². The van der Waals surface area contributed by atoms with E-state index in [4.69, 9.17) is 13.6 Å². The topological polar surface area (TPSA) is 61.8 Å². The summed E-state index contributed by atoms with van der Waals surface area (Å²) in [7, 11) is -4.38. The van der Waals surface area contributed by atoms with Crippen LogP contribution in [-0.4, -0.2) is 40.8 Å². The van der Waals surface area contributed by atoms with Crippen molar-refractivity contribution in [3.8, 4) is 0 Å². The van der Waals surface area contributed by atoms with Gasteiger partial charge in [-0.25, -0.2) is 0 Å². The van der Waals surface area contributed by atoms with Crippen LogP contribution in [-0.2, 0) is 23.2 Å². The summed E-state index contributed by atoms with van der Waals surface area (Å²) in [6, 6.07) is 1.71. The quantitative estimate of drug-likeness (QED) is 0.200. The smallest absolute Gasteiger partial charge is 0.303 e. The van der Waals surface area contributed by atoms with Crippen molar-refractivity contribution in [1.29, 1.82) is 0 Å². The molecule has 31 heavy (non-hydrogen) atoms. The maximum absolute atomic E-state index is 11.2. The monoisotopic (exact) mass is 470 g/mol. The molecule has 0 amide bonds. The lowest BCUT2D eigenvalue weighted by atomic mass is 10.2. The maximum atomic E-state index is 11.2. The van der Waals surface area contributed by atoms with Gasteiger partial charge in [0.25, 0.3) is 0 Å². The molecule has 0 aliphatic rings. The molecule has 0 heterocycles. The van der Waals surface area contributed by atoms with Crippen molar-refractivity contribution in [2.24, 2.45) is 0 Å². The van der Waals surface area contributed by atoms with Crippen LogP contribution in [0.4, 0.5) is 0 Å². The van der Waals surface area contributed by atoms with Crippen molar-refractivity contribution in [3.05, 3.63) is 24.3 Å². The molecule has 0 N–H and O–H groups in total. The lowest BCUT2D eigenvalue weighted by Crippen LogP contribution is -2.56. The second-order valence-electron chi connectivity index (χ2n) is 11.0. The normalized spacial score (nSPS) is 19.0. The second kappa shape index (κ2) is 11.6. The zero-order valence-corrected chi connectivity index (χ0v) is 23.9. The Labute approximate surface area is 192 Å². The Kier molecular flexibility index (Phi) is 11.2. The Morgan fingerprint density at radius 2 is 1.03 bits per heavy atom. The van der Waals surface area contributed by atoms with Crippen LogP contribution in [0.3, 0.4) is 0 Å². The summed E-state index contributed by atoms with van der Waals surface area (Å²) in [5, 5.41) is 0.0759. The average Bonchev–Trinajstić information content (AvgIpc) is 2.50. The molecule has 7 heteroatoms. The third kappa shape index (κ3) is 10.3. The van der Waals surface area contributed by atoms with Crippen LogP contribution in [0.15, 0.2) is 24.3 Å². The molecule has 0 rings (SSSR count). The van der Waals surface area contributed by atoms with Crippen LogP contribution in [0.1, 0.15) is 69.2 Å². The molecule has 4 atom stereocenters. The Bertz CT molecular complexity index is 604. The highest BCUT2D eigenvalue weighted by molar-refractivity contribution is 6.89. The molecular weight excluding hydrogens is 424 g/mol. The molecule has 0 aliphatic heterocycles. The van der Waals surface area contributed by atoms with Crippen LogP contribution in [0, 0.1) is 0 Å². The van der Waals surface area contributed by atoms with E-state index in [1.807, 2.05) is 26.0 Å². The lowest BCUT2D eigenvalue weighted by molar-refractivity contribution is -0.144. The van der Waals surface area contributed by atoms with E-state index < -0.39 is 16.6 Å². The van der Waals surface area contributed by atoms with E-state index in [-0.39, 0.29) is 34.2 Å². The standard InChI is InChI=1S/C24H46O5Si2/c1-19(27-21(3)25)15-13-17-30(11,23(5,6)7)29-31(12,24(8,9)10)18-14-16-20(2)28-22(4)26/h13-16,19-20H,17-18H2,1-12H3. The van der Waals surface area contributed by atoms with Gasteiger partial charge in [0.15, 0.2) is 16.6 Å². The van der Waals surface area contributed by atoms with E-state index in [1.165, 1.54) is 13.8 Å². The highest BCUT2D eigenvalue weighted by atomic mass is 28.4. The number of carbonyl (C=O) groups excluding carboxylic acids is 2. The predicted molar refractivity (Wildman–Crippen MR) is 134 cm³/mol. The first-order chi connectivity index (χ1) is 13.8. The van der Waals surface area contributed by atoms with Crippen molar-refractivity contribution < 1.29 is 23.2 Å². The van der Waals surface area contributed by atoms with Crippen molar-refractivity contribution in [2.45, 2.75) is 117 Å². The lowest BCUT2D eigenvalue weighted by Gasteiger charge is -2.50. The summed E-state index contributed by atoms with van der Waals surface area (Å²) in [5.41, 5.74) is 0. The molecule has 0 fully saturated rings. The van der Waals surface area contributed by atoms with Crippen LogP contribution in [0.25, 0.3) is 0 Å².